The fourth-order valence-electron chi connectivity index (χ4n) is 8.57. The van der Waals surface area contributed by atoms with Crippen LogP contribution in [0.4, 0.5) is 0 Å². The molecule has 4 aliphatic rings. The minimum absolute atomic E-state index is 0. The Hall–Kier alpha value is -2.25. The van der Waals surface area contributed by atoms with Gasteiger partial charge in [0.1, 0.15) is 0 Å². The van der Waals surface area contributed by atoms with E-state index in [9.17, 15) is 0 Å². The maximum Gasteiger partial charge on any atom is -1.00 e. The first-order valence-electron chi connectivity index (χ1n) is 17.6. The Bertz CT molecular complexity index is 2130. The second-order valence-electron chi connectivity index (χ2n) is 16.7. The van der Waals surface area contributed by atoms with Gasteiger partial charge in [0.05, 0.1) is 0 Å². The Morgan fingerprint density at radius 2 is 1.16 bits per heavy atom. The molecule has 51 heavy (non-hydrogen) atoms. The summed E-state index contributed by atoms with van der Waals surface area (Å²) >= 11 is 10.6. The molecule has 0 spiro atoms. The minimum atomic E-state index is -3.07. The first-order chi connectivity index (χ1) is 23.1. The quantitative estimate of drug-likeness (QED) is 0.207. The normalized spacial score (nSPS) is 18.4. The predicted octanol–water partition coefficient (Wildman–Crippen LogP) is 7.07. The van der Waals surface area contributed by atoms with Gasteiger partial charge in [-0.15, -0.1) is 0 Å². The van der Waals surface area contributed by atoms with Crippen LogP contribution in [0.3, 0.4) is 0 Å². The van der Waals surface area contributed by atoms with E-state index in [1.807, 2.05) is 12.1 Å². The monoisotopic (exact) mass is 826 g/mol. The number of benzene rings is 4. The van der Waals surface area contributed by atoms with Crippen LogP contribution in [0.5, 0.6) is 0 Å². The van der Waals surface area contributed by atoms with E-state index >= 15 is 0 Å². The van der Waals surface area contributed by atoms with Crippen molar-refractivity contribution in [1.29, 1.82) is 0 Å². The molecule has 0 nitrogen and oxygen atoms in total. The third-order valence-corrected chi connectivity index (χ3v) is 20.5. The summed E-state index contributed by atoms with van der Waals surface area (Å²) in [4.78, 5) is 0. The Labute approximate surface area is 334 Å². The maximum atomic E-state index is 6.84. The van der Waals surface area contributed by atoms with E-state index in [0.717, 1.165) is 10.0 Å². The minimum Gasteiger partial charge on any atom is -1.00 e. The van der Waals surface area contributed by atoms with Crippen LogP contribution in [0.25, 0.3) is 23.3 Å². The molecule has 0 radical (unpaired) electrons. The van der Waals surface area contributed by atoms with E-state index < -0.39 is 21.3 Å². The van der Waals surface area contributed by atoms with Crippen LogP contribution in [0.15, 0.2) is 106 Å². The molecule has 4 aliphatic carbocycles. The van der Waals surface area contributed by atoms with Gasteiger partial charge < -0.3 is 24.8 Å². The number of allylic oxidation sites excluding steroid dienone is 6. The number of fused-ring (bicyclic) bond motifs is 5. The van der Waals surface area contributed by atoms with Crippen molar-refractivity contribution in [2.45, 2.75) is 69.8 Å². The molecule has 0 aliphatic heterocycles. The van der Waals surface area contributed by atoms with Gasteiger partial charge in [-0.3, -0.25) is 0 Å². The number of halogens is 4. The topological polar surface area (TPSA) is 0 Å². The first kappa shape index (κ1) is 38.5. The van der Waals surface area contributed by atoms with Gasteiger partial charge in [0, 0.05) is 0 Å². The van der Waals surface area contributed by atoms with Crippen LogP contribution >= 0.6 is 23.2 Å². The van der Waals surface area contributed by atoms with Gasteiger partial charge in [0.25, 0.3) is 0 Å². The van der Waals surface area contributed by atoms with Gasteiger partial charge in [-0.2, -0.15) is 0 Å². The van der Waals surface area contributed by atoms with E-state index in [2.05, 4.69) is 153 Å². The molecule has 4 aromatic rings. The molecule has 0 N–H and O–H groups in total. The van der Waals surface area contributed by atoms with Crippen molar-refractivity contribution in [1.82, 2.24) is 0 Å². The molecule has 0 amide bonds. The largest absolute Gasteiger partial charge is 1.00 e. The Morgan fingerprint density at radius 1 is 0.686 bits per heavy atom. The van der Waals surface area contributed by atoms with E-state index in [1.54, 1.807) is 3.28 Å². The zero-order valence-electron chi connectivity index (χ0n) is 30.6. The van der Waals surface area contributed by atoms with Gasteiger partial charge in [0.2, 0.25) is 0 Å². The molecule has 8 rings (SSSR count). The van der Waals surface area contributed by atoms with Crippen molar-refractivity contribution in [3.05, 3.63) is 161 Å². The van der Waals surface area contributed by atoms with Crippen molar-refractivity contribution < 1.29 is 46.1 Å². The molecule has 5 heteroatoms. The average Bonchev–Trinajstić information content (AvgIpc) is 3.75. The van der Waals surface area contributed by atoms with Crippen LogP contribution in [-0.4, -0.2) is 3.21 Å². The number of hydrogen-bond acceptors (Lipinski definition) is 0. The predicted molar refractivity (Wildman–Crippen MR) is 209 cm³/mol. The van der Waals surface area contributed by atoms with Crippen LogP contribution in [0.2, 0.25) is 10.0 Å². The molecule has 0 saturated heterocycles. The summed E-state index contributed by atoms with van der Waals surface area (Å²) < 4.78 is 3.39. The van der Waals surface area contributed by atoms with Gasteiger partial charge >= 0.3 is 313 Å². The average molecular weight is 830 g/mol. The molecule has 260 valence electrons. The standard InChI is InChI=1S/C23H21.C13H8Cl2.C10H15.2ClH.Zr/c1-22(2)7-5-14-10-18-16(12-20(14)22)9-17-13-21-15(11-19(17)18)6-8-23(21,3)4;14-12-5-1-3-10(8-12)7-11-4-2-6-13(15)9-11;1-8-5-6-9(7-8)10(2,3)4;;;/h5-13H,1-4H3;1-6,8-9H;6-8H,1-4H3;2*1H;/q;;;;;+2/p-2. The van der Waals surface area contributed by atoms with E-state index in [-0.39, 0.29) is 44.7 Å². The third kappa shape index (κ3) is 6.53. The van der Waals surface area contributed by atoms with Gasteiger partial charge in [0.15, 0.2) is 0 Å². The van der Waals surface area contributed by atoms with Crippen LogP contribution in [0.1, 0.15) is 104 Å². The molecular weight excluding hydrogens is 786 g/mol. The second-order valence-corrected chi connectivity index (χ2v) is 23.6. The summed E-state index contributed by atoms with van der Waals surface area (Å²) in [6, 6.07) is 27.4. The van der Waals surface area contributed by atoms with Crippen molar-refractivity contribution >= 4 is 38.6 Å². The summed E-state index contributed by atoms with van der Waals surface area (Å²) in [5.74, 6) is 0.351. The fraction of sp³-hybridized carbons (Fsp3) is 0.283. The van der Waals surface area contributed by atoms with E-state index in [1.165, 1.54) is 64.4 Å². The Kier molecular flexibility index (Phi) is 10.2. The smallest absolute Gasteiger partial charge is 1.00 e. The SMILES string of the molecule is CC1C=C(C(C)(C)C)C=[C]1[Zr+2](=[C](c1cccc(Cl)c1)c1cccc(Cl)c1)[CH]1c2cc3c(cc2-c2cc4c(cc21)C(C)(C)C=C4)C=CC3(C)C.[Cl-].[Cl-]. The Balaban J connectivity index is 0.00000224. The molecule has 0 aromatic heterocycles. The van der Waals surface area contributed by atoms with Crippen molar-refractivity contribution in [2.75, 3.05) is 0 Å². The van der Waals surface area contributed by atoms with Crippen molar-refractivity contribution in [3.63, 3.8) is 0 Å². The van der Waals surface area contributed by atoms with E-state index in [0.29, 0.717) is 5.92 Å². The van der Waals surface area contributed by atoms with Crippen LogP contribution in [-0.2, 0) is 32.1 Å². The maximum absolute atomic E-state index is 6.84. The van der Waals surface area contributed by atoms with Gasteiger partial charge in [-0.05, 0) is 0 Å². The molecule has 0 heterocycles. The molecular formula is C46H44Cl4Zr. The molecule has 1 unspecified atom stereocenters. The summed E-state index contributed by atoms with van der Waals surface area (Å²) in [6.45, 7) is 18.9. The molecule has 0 bridgehead atoms. The number of hydrogen-bond donors (Lipinski definition) is 0. The molecule has 0 fully saturated rings. The van der Waals surface area contributed by atoms with E-state index in [4.69, 9.17) is 23.2 Å². The van der Waals surface area contributed by atoms with Crippen LogP contribution in [0, 0.1) is 11.3 Å². The second kappa shape index (κ2) is 13.6. The first-order valence-corrected chi connectivity index (χ1v) is 22.2. The van der Waals surface area contributed by atoms with Gasteiger partial charge in [-0.1, -0.05) is 0 Å². The number of rotatable bonds is 4. The summed E-state index contributed by atoms with van der Waals surface area (Å²) in [5.41, 5.74) is 15.4. The third-order valence-electron chi connectivity index (χ3n) is 11.3. The fourth-order valence-corrected chi connectivity index (χ4v) is 18.4. The summed E-state index contributed by atoms with van der Waals surface area (Å²) in [5, 5.41) is 1.54. The summed E-state index contributed by atoms with van der Waals surface area (Å²) in [7, 11) is 0. The molecule has 4 aromatic carbocycles. The Morgan fingerprint density at radius 3 is 1.57 bits per heavy atom. The molecule has 0 saturated carbocycles. The van der Waals surface area contributed by atoms with Crippen LogP contribution < -0.4 is 24.8 Å². The zero-order valence-corrected chi connectivity index (χ0v) is 36.0. The van der Waals surface area contributed by atoms with Crippen molar-refractivity contribution in [2.24, 2.45) is 11.3 Å². The van der Waals surface area contributed by atoms with Gasteiger partial charge in [-0.25, -0.2) is 0 Å². The summed E-state index contributed by atoms with van der Waals surface area (Å²) in [6.07, 6.45) is 14.6. The zero-order chi connectivity index (χ0) is 34.6. The molecule has 1 atom stereocenters. The van der Waals surface area contributed by atoms with Crippen molar-refractivity contribution in [3.8, 4) is 11.1 Å².